The van der Waals surface area contributed by atoms with Crippen LogP contribution in [-0.4, -0.2) is 29.0 Å². The fraction of sp³-hybridized carbons (Fsp3) is 0.846. The number of nitrogens with zero attached hydrogens (tertiary/aromatic N) is 2. The van der Waals surface area contributed by atoms with Gasteiger partial charge in [-0.15, -0.1) is 10.2 Å². The summed E-state index contributed by atoms with van der Waals surface area (Å²) in [7, 11) is 0. The van der Waals surface area contributed by atoms with E-state index in [-0.39, 0.29) is 24.2 Å². The standard InChI is InChI=1S/C13H23N3O2/c1-6-14-8(3)12-15-16-13(18-12)11-7(2)9(4)17-10(11)5/h7-11,14H,6H2,1-5H3. The van der Waals surface area contributed by atoms with E-state index < -0.39 is 0 Å². The molecule has 102 valence electrons. The first-order chi connectivity index (χ1) is 8.54. The number of aromatic nitrogens is 2. The fourth-order valence-corrected chi connectivity index (χ4v) is 2.64. The molecule has 1 aromatic rings. The summed E-state index contributed by atoms with van der Waals surface area (Å²) in [5.41, 5.74) is 0. The molecule has 5 atom stereocenters. The fourth-order valence-electron chi connectivity index (χ4n) is 2.64. The Morgan fingerprint density at radius 3 is 2.50 bits per heavy atom. The smallest absolute Gasteiger partial charge is 0.233 e. The molecule has 0 aromatic carbocycles. The Balaban J connectivity index is 2.14. The van der Waals surface area contributed by atoms with Gasteiger partial charge in [0.05, 0.1) is 24.2 Å². The van der Waals surface area contributed by atoms with Crippen molar-refractivity contribution in [3.8, 4) is 0 Å². The van der Waals surface area contributed by atoms with Crippen LogP contribution in [-0.2, 0) is 4.74 Å². The van der Waals surface area contributed by atoms with Gasteiger partial charge < -0.3 is 14.5 Å². The van der Waals surface area contributed by atoms with E-state index in [1.54, 1.807) is 0 Å². The summed E-state index contributed by atoms with van der Waals surface area (Å²) in [5.74, 6) is 1.97. The SMILES string of the molecule is CCNC(C)c1nnc(C2C(C)OC(C)C2C)o1. The third-order valence-corrected chi connectivity index (χ3v) is 3.86. The molecule has 5 nitrogen and oxygen atoms in total. The average Bonchev–Trinajstić information content (AvgIpc) is 2.86. The average molecular weight is 253 g/mol. The lowest BCUT2D eigenvalue weighted by Gasteiger charge is -2.13. The summed E-state index contributed by atoms with van der Waals surface area (Å²) >= 11 is 0. The van der Waals surface area contributed by atoms with Gasteiger partial charge in [0.2, 0.25) is 11.8 Å². The summed E-state index contributed by atoms with van der Waals surface area (Å²) in [6.45, 7) is 11.3. The minimum atomic E-state index is 0.0987. The molecular weight excluding hydrogens is 230 g/mol. The zero-order valence-electron chi connectivity index (χ0n) is 11.8. The zero-order valence-corrected chi connectivity index (χ0v) is 11.8. The highest BCUT2D eigenvalue weighted by Gasteiger charge is 2.41. The molecule has 0 saturated carbocycles. The van der Waals surface area contributed by atoms with Gasteiger partial charge in [0, 0.05) is 0 Å². The molecule has 5 heteroatoms. The largest absolute Gasteiger partial charge is 0.423 e. The Hall–Kier alpha value is -0.940. The van der Waals surface area contributed by atoms with Crippen LogP contribution < -0.4 is 5.32 Å². The van der Waals surface area contributed by atoms with E-state index >= 15 is 0 Å². The first kappa shape index (κ1) is 13.5. The number of rotatable bonds is 4. The molecule has 0 radical (unpaired) electrons. The highest BCUT2D eigenvalue weighted by molar-refractivity contribution is 5.03. The molecule has 0 spiro atoms. The van der Waals surface area contributed by atoms with Crippen molar-refractivity contribution in [2.24, 2.45) is 5.92 Å². The Morgan fingerprint density at radius 1 is 1.22 bits per heavy atom. The molecule has 5 unspecified atom stereocenters. The van der Waals surface area contributed by atoms with Gasteiger partial charge in [-0.2, -0.15) is 0 Å². The van der Waals surface area contributed by atoms with Gasteiger partial charge in [0.1, 0.15) is 0 Å². The predicted molar refractivity (Wildman–Crippen MR) is 68.3 cm³/mol. The van der Waals surface area contributed by atoms with Crippen molar-refractivity contribution in [2.45, 2.75) is 58.8 Å². The molecule has 2 rings (SSSR count). The van der Waals surface area contributed by atoms with Crippen LogP contribution in [0.4, 0.5) is 0 Å². The second-order valence-corrected chi connectivity index (χ2v) is 5.19. The predicted octanol–water partition coefficient (Wildman–Crippen LogP) is 2.27. The molecule has 1 N–H and O–H groups in total. The summed E-state index contributed by atoms with van der Waals surface area (Å²) in [6, 6.07) is 0.0987. The summed E-state index contributed by atoms with van der Waals surface area (Å²) in [4.78, 5) is 0. The van der Waals surface area contributed by atoms with E-state index in [4.69, 9.17) is 9.15 Å². The minimum absolute atomic E-state index is 0.0987. The first-order valence-corrected chi connectivity index (χ1v) is 6.76. The van der Waals surface area contributed by atoms with Gasteiger partial charge in [0.25, 0.3) is 0 Å². The number of nitrogens with one attached hydrogen (secondary N) is 1. The molecule has 2 heterocycles. The Kier molecular flexibility index (Phi) is 4.02. The van der Waals surface area contributed by atoms with E-state index in [1.807, 2.05) is 6.92 Å². The maximum atomic E-state index is 5.81. The molecular formula is C13H23N3O2. The molecule has 18 heavy (non-hydrogen) atoms. The van der Waals surface area contributed by atoms with Crippen molar-refractivity contribution >= 4 is 0 Å². The highest BCUT2D eigenvalue weighted by atomic mass is 16.5. The Morgan fingerprint density at radius 2 is 1.94 bits per heavy atom. The first-order valence-electron chi connectivity index (χ1n) is 6.76. The van der Waals surface area contributed by atoms with Crippen LogP contribution in [0.2, 0.25) is 0 Å². The van der Waals surface area contributed by atoms with Gasteiger partial charge in [-0.05, 0) is 33.2 Å². The van der Waals surface area contributed by atoms with E-state index in [2.05, 4.69) is 43.2 Å². The van der Waals surface area contributed by atoms with E-state index in [0.29, 0.717) is 17.7 Å². The van der Waals surface area contributed by atoms with Crippen molar-refractivity contribution in [3.63, 3.8) is 0 Å². The lowest BCUT2D eigenvalue weighted by Crippen LogP contribution is -2.18. The van der Waals surface area contributed by atoms with Gasteiger partial charge in [-0.3, -0.25) is 0 Å². The van der Waals surface area contributed by atoms with E-state index in [9.17, 15) is 0 Å². The molecule has 1 aromatic heterocycles. The molecule has 0 aliphatic carbocycles. The molecule has 1 fully saturated rings. The second-order valence-electron chi connectivity index (χ2n) is 5.19. The van der Waals surface area contributed by atoms with Crippen molar-refractivity contribution in [3.05, 3.63) is 11.8 Å². The van der Waals surface area contributed by atoms with Gasteiger partial charge in [-0.25, -0.2) is 0 Å². The van der Waals surface area contributed by atoms with E-state index in [0.717, 1.165) is 6.54 Å². The normalized spacial score (nSPS) is 33.8. The number of hydrogen-bond donors (Lipinski definition) is 1. The van der Waals surface area contributed by atoms with Gasteiger partial charge >= 0.3 is 0 Å². The van der Waals surface area contributed by atoms with Crippen molar-refractivity contribution in [1.82, 2.24) is 15.5 Å². The number of ether oxygens (including phenoxy) is 1. The topological polar surface area (TPSA) is 60.2 Å². The van der Waals surface area contributed by atoms with Crippen LogP contribution in [0.5, 0.6) is 0 Å². The molecule has 1 aliphatic heterocycles. The van der Waals surface area contributed by atoms with E-state index in [1.165, 1.54) is 0 Å². The summed E-state index contributed by atoms with van der Waals surface area (Å²) in [5, 5.41) is 11.6. The summed E-state index contributed by atoms with van der Waals surface area (Å²) in [6.07, 6.45) is 0.379. The van der Waals surface area contributed by atoms with Crippen LogP contribution in [0.25, 0.3) is 0 Å². The van der Waals surface area contributed by atoms with Crippen LogP contribution >= 0.6 is 0 Å². The third-order valence-electron chi connectivity index (χ3n) is 3.86. The lowest BCUT2D eigenvalue weighted by atomic mass is 9.89. The molecule has 1 aliphatic rings. The van der Waals surface area contributed by atoms with Gasteiger partial charge in [-0.1, -0.05) is 13.8 Å². The minimum Gasteiger partial charge on any atom is -0.423 e. The highest BCUT2D eigenvalue weighted by Crippen LogP contribution is 2.39. The number of hydrogen-bond acceptors (Lipinski definition) is 5. The zero-order chi connectivity index (χ0) is 13.3. The monoisotopic (exact) mass is 253 g/mol. The Bertz CT molecular complexity index is 393. The van der Waals surface area contributed by atoms with Crippen LogP contribution in [0.3, 0.4) is 0 Å². The molecule has 0 amide bonds. The third kappa shape index (κ3) is 2.42. The molecule has 0 bridgehead atoms. The Labute approximate surface area is 108 Å². The second kappa shape index (κ2) is 5.36. The maximum absolute atomic E-state index is 5.81. The van der Waals surface area contributed by atoms with Crippen molar-refractivity contribution < 1.29 is 9.15 Å². The molecule has 1 saturated heterocycles. The lowest BCUT2D eigenvalue weighted by molar-refractivity contribution is 0.0544. The summed E-state index contributed by atoms with van der Waals surface area (Å²) < 4.78 is 11.6. The maximum Gasteiger partial charge on any atom is 0.233 e. The van der Waals surface area contributed by atoms with Gasteiger partial charge in [0.15, 0.2) is 0 Å². The quantitative estimate of drug-likeness (QED) is 0.892. The van der Waals surface area contributed by atoms with Crippen molar-refractivity contribution in [2.75, 3.05) is 6.54 Å². The van der Waals surface area contributed by atoms with Crippen LogP contribution in [0.15, 0.2) is 4.42 Å². The van der Waals surface area contributed by atoms with Crippen LogP contribution in [0, 0.1) is 5.92 Å². The van der Waals surface area contributed by atoms with Crippen molar-refractivity contribution in [1.29, 1.82) is 0 Å². The van der Waals surface area contributed by atoms with Crippen LogP contribution in [0.1, 0.15) is 58.4 Å².